The molecule has 1 unspecified atom stereocenters. The van der Waals surface area contributed by atoms with Crippen LogP contribution in [0.25, 0.3) is 0 Å². The van der Waals surface area contributed by atoms with Crippen LogP contribution in [-0.4, -0.2) is 7.11 Å². The Morgan fingerprint density at radius 3 is 2.59 bits per heavy atom. The zero-order valence-electron chi connectivity index (χ0n) is 10.1. The van der Waals surface area contributed by atoms with Gasteiger partial charge in [0.25, 0.3) is 0 Å². The van der Waals surface area contributed by atoms with Crippen molar-refractivity contribution >= 4 is 15.9 Å². The molecular formula is C14H18BrFO. The summed E-state index contributed by atoms with van der Waals surface area (Å²) in [7, 11) is 1.49. The van der Waals surface area contributed by atoms with Crippen molar-refractivity contribution in [3.8, 4) is 5.75 Å². The smallest absolute Gasteiger partial charge is 0.165 e. The van der Waals surface area contributed by atoms with Gasteiger partial charge in [0, 0.05) is 4.83 Å². The summed E-state index contributed by atoms with van der Waals surface area (Å²) in [5.41, 5.74) is 1.02. The van der Waals surface area contributed by atoms with E-state index in [1.807, 2.05) is 6.07 Å². The molecule has 17 heavy (non-hydrogen) atoms. The molecule has 0 aromatic heterocycles. The van der Waals surface area contributed by atoms with Gasteiger partial charge >= 0.3 is 0 Å². The normalized spacial score (nSPS) is 19.0. The molecule has 1 aromatic carbocycles. The van der Waals surface area contributed by atoms with Crippen LogP contribution in [0.15, 0.2) is 18.2 Å². The second kappa shape index (κ2) is 5.85. The molecule has 1 atom stereocenters. The maximum absolute atomic E-state index is 13.6. The Balaban J connectivity index is 2.12. The summed E-state index contributed by atoms with van der Waals surface area (Å²) in [6, 6.07) is 5.25. The standard InChI is InChI=1S/C14H18BrFO/c1-17-13-8-7-11(9-12(13)16)14(15)10-5-3-2-4-6-10/h7-10,14H,2-6H2,1H3. The largest absolute Gasteiger partial charge is 0.494 e. The van der Waals surface area contributed by atoms with E-state index in [0.717, 1.165) is 5.56 Å². The minimum Gasteiger partial charge on any atom is -0.494 e. The van der Waals surface area contributed by atoms with Gasteiger partial charge in [0.1, 0.15) is 0 Å². The van der Waals surface area contributed by atoms with E-state index in [-0.39, 0.29) is 10.6 Å². The van der Waals surface area contributed by atoms with Crippen LogP contribution in [0.4, 0.5) is 4.39 Å². The minimum absolute atomic E-state index is 0.267. The number of hydrogen-bond acceptors (Lipinski definition) is 1. The molecule has 1 fully saturated rings. The molecule has 1 aliphatic carbocycles. The Labute approximate surface area is 110 Å². The zero-order chi connectivity index (χ0) is 12.3. The number of halogens is 2. The van der Waals surface area contributed by atoms with E-state index in [2.05, 4.69) is 15.9 Å². The van der Waals surface area contributed by atoms with E-state index < -0.39 is 0 Å². The Bertz CT molecular complexity index is 374. The predicted molar refractivity (Wildman–Crippen MR) is 71.2 cm³/mol. The molecular weight excluding hydrogens is 283 g/mol. The first-order valence-corrected chi connectivity index (χ1v) is 7.11. The van der Waals surface area contributed by atoms with E-state index in [9.17, 15) is 4.39 Å². The third kappa shape index (κ3) is 3.01. The molecule has 1 saturated carbocycles. The van der Waals surface area contributed by atoms with E-state index >= 15 is 0 Å². The Morgan fingerprint density at radius 2 is 2.00 bits per heavy atom. The topological polar surface area (TPSA) is 9.23 Å². The Morgan fingerprint density at radius 1 is 1.29 bits per heavy atom. The van der Waals surface area contributed by atoms with E-state index in [4.69, 9.17) is 4.74 Å². The van der Waals surface area contributed by atoms with Crippen LogP contribution in [0, 0.1) is 11.7 Å². The highest BCUT2D eigenvalue weighted by Gasteiger charge is 2.23. The summed E-state index contributed by atoms with van der Waals surface area (Å²) in [6.07, 6.45) is 6.41. The summed E-state index contributed by atoms with van der Waals surface area (Å²) < 4.78 is 18.6. The first kappa shape index (κ1) is 12.9. The summed E-state index contributed by atoms with van der Waals surface area (Å²) in [6.45, 7) is 0. The molecule has 0 spiro atoms. The third-order valence-corrected chi connectivity index (χ3v) is 4.83. The summed E-state index contributed by atoms with van der Waals surface area (Å²) in [4.78, 5) is 0.267. The van der Waals surface area contributed by atoms with E-state index in [1.54, 1.807) is 12.1 Å². The third-order valence-electron chi connectivity index (χ3n) is 3.56. The lowest BCUT2D eigenvalue weighted by Crippen LogP contribution is -2.12. The van der Waals surface area contributed by atoms with Crippen LogP contribution >= 0.6 is 15.9 Å². The molecule has 0 saturated heterocycles. The number of hydrogen-bond donors (Lipinski definition) is 0. The fourth-order valence-electron chi connectivity index (χ4n) is 2.55. The second-order valence-electron chi connectivity index (χ2n) is 4.69. The molecule has 0 bridgehead atoms. The van der Waals surface area contributed by atoms with Crippen molar-refractivity contribution in [1.82, 2.24) is 0 Å². The summed E-state index contributed by atoms with van der Waals surface area (Å²) in [5.74, 6) is 0.680. The molecule has 1 nitrogen and oxygen atoms in total. The molecule has 0 radical (unpaired) electrons. The van der Waals surface area contributed by atoms with Gasteiger partial charge in [-0.2, -0.15) is 0 Å². The molecule has 0 amide bonds. The van der Waals surface area contributed by atoms with Gasteiger partial charge in [0.2, 0.25) is 0 Å². The zero-order valence-corrected chi connectivity index (χ0v) is 11.7. The van der Waals surface area contributed by atoms with Crippen LogP contribution < -0.4 is 4.74 Å². The van der Waals surface area contributed by atoms with Crippen molar-refractivity contribution in [2.24, 2.45) is 5.92 Å². The van der Waals surface area contributed by atoms with Crippen LogP contribution in [-0.2, 0) is 0 Å². The molecule has 1 aromatic rings. The van der Waals surface area contributed by atoms with Crippen molar-refractivity contribution in [2.75, 3.05) is 7.11 Å². The lowest BCUT2D eigenvalue weighted by atomic mass is 9.85. The van der Waals surface area contributed by atoms with Crippen molar-refractivity contribution in [2.45, 2.75) is 36.9 Å². The van der Waals surface area contributed by atoms with Crippen LogP contribution in [0.2, 0.25) is 0 Å². The highest BCUT2D eigenvalue weighted by molar-refractivity contribution is 9.09. The fraction of sp³-hybridized carbons (Fsp3) is 0.571. The predicted octanol–water partition coefficient (Wildman–Crippen LogP) is 4.85. The van der Waals surface area contributed by atoms with Crippen LogP contribution in [0.1, 0.15) is 42.5 Å². The van der Waals surface area contributed by atoms with Gasteiger partial charge in [0.15, 0.2) is 11.6 Å². The van der Waals surface area contributed by atoms with Gasteiger partial charge in [-0.1, -0.05) is 41.3 Å². The minimum atomic E-state index is -0.273. The maximum atomic E-state index is 13.6. The first-order valence-electron chi connectivity index (χ1n) is 6.20. The molecule has 94 valence electrons. The summed E-state index contributed by atoms with van der Waals surface area (Å²) in [5, 5.41) is 0. The highest BCUT2D eigenvalue weighted by Crippen LogP contribution is 2.40. The second-order valence-corrected chi connectivity index (χ2v) is 5.68. The Kier molecular flexibility index (Phi) is 4.43. The average Bonchev–Trinajstić information content (AvgIpc) is 2.39. The number of methoxy groups -OCH3 is 1. The lowest BCUT2D eigenvalue weighted by molar-refractivity contribution is 0.353. The van der Waals surface area contributed by atoms with Gasteiger partial charge in [-0.25, -0.2) is 4.39 Å². The lowest BCUT2D eigenvalue weighted by Gasteiger charge is -2.26. The number of alkyl halides is 1. The van der Waals surface area contributed by atoms with Crippen LogP contribution in [0.3, 0.4) is 0 Å². The van der Waals surface area contributed by atoms with Gasteiger partial charge in [0.05, 0.1) is 7.11 Å². The molecule has 0 heterocycles. The molecule has 2 rings (SSSR count). The molecule has 0 N–H and O–H groups in total. The maximum Gasteiger partial charge on any atom is 0.165 e. The van der Waals surface area contributed by atoms with Crippen molar-refractivity contribution in [1.29, 1.82) is 0 Å². The van der Waals surface area contributed by atoms with Gasteiger partial charge in [-0.15, -0.1) is 0 Å². The molecule has 0 aliphatic heterocycles. The summed E-state index contributed by atoms with van der Waals surface area (Å²) >= 11 is 3.72. The van der Waals surface area contributed by atoms with E-state index in [1.165, 1.54) is 39.2 Å². The van der Waals surface area contributed by atoms with Crippen LogP contribution in [0.5, 0.6) is 5.75 Å². The average molecular weight is 301 g/mol. The Hall–Kier alpha value is -0.570. The number of ether oxygens (including phenoxy) is 1. The molecule has 3 heteroatoms. The number of rotatable bonds is 3. The van der Waals surface area contributed by atoms with Crippen molar-refractivity contribution in [3.05, 3.63) is 29.6 Å². The fourth-order valence-corrected chi connectivity index (χ4v) is 3.37. The van der Waals surface area contributed by atoms with Gasteiger partial charge in [-0.3, -0.25) is 0 Å². The first-order chi connectivity index (χ1) is 8.22. The monoisotopic (exact) mass is 300 g/mol. The SMILES string of the molecule is COc1ccc(C(Br)C2CCCCC2)cc1F. The number of benzene rings is 1. The van der Waals surface area contributed by atoms with Crippen molar-refractivity contribution in [3.63, 3.8) is 0 Å². The molecule has 1 aliphatic rings. The van der Waals surface area contributed by atoms with Gasteiger partial charge in [-0.05, 0) is 36.5 Å². The van der Waals surface area contributed by atoms with E-state index in [0.29, 0.717) is 11.7 Å². The highest BCUT2D eigenvalue weighted by atomic mass is 79.9. The van der Waals surface area contributed by atoms with Gasteiger partial charge < -0.3 is 4.74 Å². The quantitative estimate of drug-likeness (QED) is 0.725. The van der Waals surface area contributed by atoms with Crippen molar-refractivity contribution < 1.29 is 9.13 Å².